The summed E-state index contributed by atoms with van der Waals surface area (Å²) < 4.78 is 47.8. The third-order valence-corrected chi connectivity index (χ3v) is 7.47. The molecule has 7 nitrogen and oxygen atoms in total. The summed E-state index contributed by atoms with van der Waals surface area (Å²) in [6.45, 7) is 1.22. The minimum absolute atomic E-state index is 0.0270. The first-order chi connectivity index (χ1) is 20.4. The van der Waals surface area contributed by atoms with Gasteiger partial charge in [-0.25, -0.2) is 23.5 Å². The summed E-state index contributed by atoms with van der Waals surface area (Å²) >= 11 is 5.82. The van der Waals surface area contributed by atoms with E-state index in [0.717, 1.165) is 11.9 Å². The third kappa shape index (κ3) is 5.84. The zero-order valence-corrected chi connectivity index (χ0v) is 23.4. The van der Waals surface area contributed by atoms with Gasteiger partial charge in [-0.2, -0.15) is 0 Å². The van der Waals surface area contributed by atoms with Gasteiger partial charge in [-0.05, 0) is 54.4 Å². The largest absolute Gasteiger partial charge is 0.473 e. The minimum atomic E-state index is -0.464. The highest BCUT2D eigenvalue weighted by Gasteiger charge is 2.23. The first kappa shape index (κ1) is 27.8. The molecule has 0 radical (unpaired) electrons. The van der Waals surface area contributed by atoms with Gasteiger partial charge in [0.1, 0.15) is 24.1 Å². The molecule has 3 heterocycles. The number of imidazole rings is 1. The second kappa shape index (κ2) is 11.9. The van der Waals surface area contributed by atoms with E-state index in [1.807, 2.05) is 4.57 Å². The van der Waals surface area contributed by atoms with Crippen molar-refractivity contribution >= 4 is 28.6 Å². The molecule has 214 valence electrons. The van der Waals surface area contributed by atoms with Gasteiger partial charge in [0.2, 0.25) is 5.88 Å². The number of hydrogen-bond acceptors (Lipinski definition) is 6. The van der Waals surface area contributed by atoms with Crippen LogP contribution in [0.25, 0.3) is 22.3 Å². The van der Waals surface area contributed by atoms with Crippen LogP contribution in [0.2, 0.25) is 5.02 Å². The van der Waals surface area contributed by atoms with E-state index in [1.165, 1.54) is 19.2 Å². The van der Waals surface area contributed by atoms with Gasteiger partial charge in [-0.3, -0.25) is 0 Å². The number of methoxy groups -OCH3 is 1. The number of esters is 1. The Labute approximate surface area is 245 Å². The maximum absolute atomic E-state index is 15.5. The highest BCUT2D eigenvalue weighted by molar-refractivity contribution is 6.30. The summed E-state index contributed by atoms with van der Waals surface area (Å²) in [5.41, 5.74) is 3.77. The van der Waals surface area contributed by atoms with Crippen molar-refractivity contribution in [3.8, 4) is 17.1 Å². The second-order valence-electron chi connectivity index (χ2n) is 9.98. The topological polar surface area (TPSA) is 75.5 Å². The highest BCUT2D eigenvalue weighted by atomic mass is 35.5. The fraction of sp³-hybridized carbons (Fsp3) is 0.219. The van der Waals surface area contributed by atoms with Gasteiger partial charge in [0, 0.05) is 35.2 Å². The van der Waals surface area contributed by atoms with Crippen LogP contribution in [0.1, 0.15) is 33.7 Å². The van der Waals surface area contributed by atoms with Crippen LogP contribution in [0, 0.1) is 11.6 Å². The van der Waals surface area contributed by atoms with Crippen molar-refractivity contribution in [2.75, 3.05) is 13.7 Å². The lowest BCUT2D eigenvalue weighted by Crippen LogP contribution is -2.31. The predicted molar refractivity (Wildman–Crippen MR) is 154 cm³/mol. The lowest BCUT2D eigenvalue weighted by atomic mass is 10.1. The number of ether oxygens (including phenoxy) is 3. The molecule has 1 saturated heterocycles. The summed E-state index contributed by atoms with van der Waals surface area (Å²) in [7, 11) is 1.34. The molecule has 1 atom stereocenters. The molecule has 0 saturated carbocycles. The molecular formula is C32H26ClF2N3O4. The molecule has 0 spiro atoms. The number of hydrogen-bond donors (Lipinski definition) is 0. The van der Waals surface area contributed by atoms with Gasteiger partial charge < -0.3 is 18.8 Å². The lowest BCUT2D eigenvalue weighted by Gasteiger charge is -2.27. The quantitative estimate of drug-likeness (QED) is 0.177. The molecule has 1 aliphatic rings. The fourth-order valence-electron chi connectivity index (χ4n) is 4.86. The van der Waals surface area contributed by atoms with Gasteiger partial charge in [-0.15, -0.1) is 0 Å². The van der Waals surface area contributed by atoms with E-state index in [-0.39, 0.29) is 25.0 Å². The van der Waals surface area contributed by atoms with E-state index >= 15 is 4.39 Å². The van der Waals surface area contributed by atoms with Gasteiger partial charge in [0.05, 0.1) is 42.0 Å². The number of carbonyl (C=O) groups is 1. The molecule has 2 aromatic heterocycles. The van der Waals surface area contributed by atoms with Crippen molar-refractivity contribution in [3.63, 3.8) is 0 Å². The molecule has 0 aliphatic carbocycles. The highest BCUT2D eigenvalue weighted by Crippen LogP contribution is 2.27. The first-order valence-electron chi connectivity index (χ1n) is 13.4. The van der Waals surface area contributed by atoms with Crippen LogP contribution in [-0.4, -0.2) is 40.3 Å². The van der Waals surface area contributed by atoms with E-state index in [0.29, 0.717) is 57.5 Å². The maximum Gasteiger partial charge on any atom is 0.337 e. The van der Waals surface area contributed by atoms with Crippen molar-refractivity contribution in [3.05, 3.63) is 112 Å². The van der Waals surface area contributed by atoms with E-state index in [2.05, 4.69) is 4.98 Å². The number of fused-ring (bicyclic) bond motifs is 1. The summed E-state index contributed by atoms with van der Waals surface area (Å²) in [4.78, 5) is 21.4. The van der Waals surface area contributed by atoms with Crippen molar-refractivity contribution in [2.45, 2.75) is 32.1 Å². The van der Waals surface area contributed by atoms with Crippen molar-refractivity contribution in [1.29, 1.82) is 0 Å². The van der Waals surface area contributed by atoms with Crippen LogP contribution in [0.5, 0.6) is 5.88 Å². The predicted octanol–water partition coefficient (Wildman–Crippen LogP) is 6.78. The molecule has 3 aromatic carbocycles. The molecule has 1 aliphatic heterocycles. The standard InChI is InChI=1S/C32H26ClF2N3O4/c1-40-32(39)21-8-10-28-29(14-21)38(17-24-11-12-41-24)30(36-28)15-19-5-6-20(13-25(19)34)27-3-2-4-31(37-27)42-18-22-7-9-23(33)16-26(22)35/h2-10,13-14,16,24H,11-12,15,17-18H2,1H3/t24-/m0/s1. The minimum Gasteiger partial charge on any atom is -0.473 e. The number of benzene rings is 3. The number of carbonyl (C=O) groups excluding carboxylic acids is 1. The summed E-state index contributed by atoms with van der Waals surface area (Å²) in [6, 6.07) is 19.6. The van der Waals surface area contributed by atoms with Crippen molar-refractivity contribution in [2.24, 2.45) is 0 Å². The van der Waals surface area contributed by atoms with E-state index in [4.69, 9.17) is 30.8 Å². The monoisotopic (exact) mass is 589 g/mol. The van der Waals surface area contributed by atoms with Crippen LogP contribution >= 0.6 is 11.6 Å². The summed E-state index contributed by atoms with van der Waals surface area (Å²) in [5.74, 6) is -0.360. The number of halogens is 3. The number of pyridine rings is 1. The van der Waals surface area contributed by atoms with E-state index in [1.54, 1.807) is 60.7 Å². The van der Waals surface area contributed by atoms with Crippen LogP contribution < -0.4 is 4.74 Å². The lowest BCUT2D eigenvalue weighted by molar-refractivity contribution is -0.0589. The molecule has 1 fully saturated rings. The van der Waals surface area contributed by atoms with Gasteiger partial charge in [0.15, 0.2) is 0 Å². The zero-order valence-electron chi connectivity index (χ0n) is 22.6. The Morgan fingerprint density at radius 3 is 2.57 bits per heavy atom. The Kier molecular flexibility index (Phi) is 7.86. The molecule has 42 heavy (non-hydrogen) atoms. The summed E-state index contributed by atoms with van der Waals surface area (Å²) in [5, 5.41) is 0.305. The van der Waals surface area contributed by atoms with Crippen LogP contribution in [-0.2, 0) is 29.0 Å². The van der Waals surface area contributed by atoms with Crippen LogP contribution in [0.3, 0.4) is 0 Å². The van der Waals surface area contributed by atoms with Gasteiger partial charge >= 0.3 is 5.97 Å². The van der Waals surface area contributed by atoms with Crippen LogP contribution in [0.15, 0.2) is 72.8 Å². The normalized spacial score (nSPS) is 14.5. The second-order valence-corrected chi connectivity index (χ2v) is 10.4. The Balaban J connectivity index is 1.24. The Hall–Kier alpha value is -4.34. The molecule has 0 amide bonds. The fourth-order valence-corrected chi connectivity index (χ4v) is 5.01. The zero-order chi connectivity index (χ0) is 29.2. The molecule has 0 unspecified atom stereocenters. The average Bonchev–Trinajstić information content (AvgIpc) is 3.31. The van der Waals surface area contributed by atoms with Crippen molar-refractivity contribution < 1.29 is 27.8 Å². The molecular weight excluding hydrogens is 564 g/mol. The maximum atomic E-state index is 15.5. The average molecular weight is 590 g/mol. The van der Waals surface area contributed by atoms with Crippen molar-refractivity contribution in [1.82, 2.24) is 14.5 Å². The molecule has 6 rings (SSSR count). The Bertz CT molecular complexity index is 1790. The molecule has 0 bridgehead atoms. The Morgan fingerprint density at radius 1 is 1.02 bits per heavy atom. The number of aromatic nitrogens is 3. The molecule has 0 N–H and O–H groups in total. The Morgan fingerprint density at radius 2 is 1.83 bits per heavy atom. The van der Waals surface area contributed by atoms with E-state index < -0.39 is 17.6 Å². The molecule has 5 aromatic rings. The first-order valence-corrected chi connectivity index (χ1v) is 13.8. The van der Waals surface area contributed by atoms with Gasteiger partial charge in [-0.1, -0.05) is 35.9 Å². The number of rotatable bonds is 9. The smallest absolute Gasteiger partial charge is 0.337 e. The van der Waals surface area contributed by atoms with E-state index in [9.17, 15) is 9.18 Å². The SMILES string of the molecule is COC(=O)c1ccc2nc(Cc3ccc(-c4cccc(OCc5ccc(Cl)cc5F)n4)cc3F)n(C[C@@H]3CCO3)c2c1. The third-order valence-electron chi connectivity index (χ3n) is 7.24. The number of nitrogens with zero attached hydrogens (tertiary/aromatic N) is 3. The summed E-state index contributed by atoms with van der Waals surface area (Å²) in [6.07, 6.45) is 1.19. The van der Waals surface area contributed by atoms with Gasteiger partial charge in [0.25, 0.3) is 0 Å². The van der Waals surface area contributed by atoms with Crippen LogP contribution in [0.4, 0.5) is 8.78 Å². The molecule has 10 heteroatoms.